The molecule has 0 bridgehead atoms. The summed E-state index contributed by atoms with van der Waals surface area (Å²) in [6.07, 6.45) is 0. The molecule has 0 aliphatic rings. The Morgan fingerprint density at radius 2 is 1.42 bits per heavy atom. The highest BCUT2D eigenvalue weighted by Crippen LogP contribution is 2.46. The van der Waals surface area contributed by atoms with E-state index in [9.17, 15) is 0 Å². The molecule has 0 radical (unpaired) electrons. The van der Waals surface area contributed by atoms with Crippen LogP contribution in [0.25, 0.3) is 0 Å². The molecule has 0 spiro atoms. The summed E-state index contributed by atoms with van der Waals surface area (Å²) in [6.45, 7) is 13.4. The van der Waals surface area contributed by atoms with Crippen LogP contribution in [-0.2, 0) is 0 Å². The normalized spacial score (nSPS) is 19.0. The first-order valence-electron chi connectivity index (χ1n) is 4.43. The average molecular weight is 303 g/mol. The van der Waals surface area contributed by atoms with Crippen molar-refractivity contribution >= 4 is 34.2 Å². The highest BCUT2D eigenvalue weighted by Gasteiger charge is 2.40. The Kier molecular flexibility index (Phi) is 4.38. The molecule has 0 heterocycles. The van der Waals surface area contributed by atoms with Gasteiger partial charge in [-0.3, -0.25) is 0 Å². The van der Waals surface area contributed by atoms with Crippen molar-refractivity contribution in [3.8, 4) is 0 Å². The first-order valence-corrected chi connectivity index (χ1v) is 5.95. The fourth-order valence-corrected chi connectivity index (χ4v) is 1.92. The minimum Gasteiger partial charge on any atom is -0.123 e. The minimum absolute atomic E-state index is 0.244. The third-order valence-corrected chi connectivity index (χ3v) is 5.13. The molecule has 0 aromatic rings. The van der Waals surface area contributed by atoms with Crippen LogP contribution in [0, 0.1) is 11.3 Å². The third-order valence-electron chi connectivity index (χ3n) is 3.36. The Labute approximate surface area is 95.6 Å². The molecule has 0 fully saturated rings. The van der Waals surface area contributed by atoms with Gasteiger partial charge in [-0.15, -0.1) is 11.6 Å². The zero-order valence-electron chi connectivity index (χ0n) is 8.91. The van der Waals surface area contributed by atoms with E-state index in [4.69, 9.17) is 11.6 Å². The molecule has 0 nitrogen and oxygen atoms in total. The van der Waals surface area contributed by atoms with Crippen molar-refractivity contribution in [2.75, 3.05) is 0 Å². The first kappa shape index (κ1) is 13.0. The van der Waals surface area contributed by atoms with Crippen molar-refractivity contribution in [3.05, 3.63) is 0 Å². The van der Waals surface area contributed by atoms with E-state index in [0.717, 1.165) is 0 Å². The highest BCUT2D eigenvalue weighted by atomic mass is 127. The van der Waals surface area contributed by atoms with Gasteiger partial charge in [-0.2, -0.15) is 0 Å². The van der Waals surface area contributed by atoms with E-state index >= 15 is 0 Å². The lowest BCUT2D eigenvalue weighted by atomic mass is 9.70. The van der Waals surface area contributed by atoms with Crippen molar-refractivity contribution in [2.24, 2.45) is 11.3 Å². The molecule has 0 amide bonds. The van der Waals surface area contributed by atoms with Crippen LogP contribution in [0.2, 0.25) is 0 Å². The molecule has 2 unspecified atom stereocenters. The molecule has 0 saturated heterocycles. The van der Waals surface area contributed by atoms with E-state index in [-0.39, 0.29) is 14.2 Å². The lowest BCUT2D eigenvalue weighted by Crippen LogP contribution is -2.41. The van der Waals surface area contributed by atoms with Crippen molar-refractivity contribution in [1.82, 2.24) is 0 Å². The second kappa shape index (κ2) is 4.04. The topological polar surface area (TPSA) is 0 Å². The number of hydrogen-bond donors (Lipinski definition) is 0. The Morgan fingerprint density at radius 1 is 1.08 bits per heavy atom. The van der Waals surface area contributed by atoms with Gasteiger partial charge < -0.3 is 0 Å². The fraction of sp³-hybridized carbons (Fsp3) is 1.00. The van der Waals surface area contributed by atoms with Crippen molar-refractivity contribution in [2.45, 2.75) is 50.3 Å². The predicted molar refractivity (Wildman–Crippen MR) is 66.4 cm³/mol. The Bertz CT molecular complexity index is 144. The SMILES string of the molecule is CC(Cl)C(C)C(C)(C)C(C)(C)I. The van der Waals surface area contributed by atoms with Crippen LogP contribution in [0.1, 0.15) is 41.5 Å². The maximum Gasteiger partial charge on any atom is 0.0338 e. The number of rotatable bonds is 3. The summed E-state index contributed by atoms with van der Waals surface area (Å²) in [5, 5.41) is 0.244. The van der Waals surface area contributed by atoms with Gasteiger partial charge in [-0.1, -0.05) is 57.2 Å². The number of hydrogen-bond acceptors (Lipinski definition) is 0. The van der Waals surface area contributed by atoms with E-state index < -0.39 is 0 Å². The van der Waals surface area contributed by atoms with E-state index in [1.165, 1.54) is 0 Å². The van der Waals surface area contributed by atoms with Gasteiger partial charge in [0.25, 0.3) is 0 Å². The maximum absolute atomic E-state index is 6.12. The molecule has 2 atom stereocenters. The van der Waals surface area contributed by atoms with Crippen LogP contribution in [0.5, 0.6) is 0 Å². The van der Waals surface area contributed by atoms with Crippen molar-refractivity contribution in [1.29, 1.82) is 0 Å². The van der Waals surface area contributed by atoms with Crippen LogP contribution >= 0.6 is 34.2 Å². The van der Waals surface area contributed by atoms with Crippen LogP contribution in [0.4, 0.5) is 0 Å². The summed E-state index contributed by atoms with van der Waals surface area (Å²) in [5.74, 6) is 0.533. The van der Waals surface area contributed by atoms with E-state index in [1.807, 2.05) is 0 Å². The molecule has 0 rings (SSSR count). The van der Waals surface area contributed by atoms with Crippen molar-refractivity contribution in [3.63, 3.8) is 0 Å². The third kappa shape index (κ3) is 2.76. The quantitative estimate of drug-likeness (QED) is 0.532. The zero-order valence-corrected chi connectivity index (χ0v) is 11.8. The fourth-order valence-electron chi connectivity index (χ4n) is 1.12. The molecule has 0 aromatic heterocycles. The Balaban J connectivity index is 4.61. The summed E-state index contributed by atoms with van der Waals surface area (Å²) in [6, 6.07) is 0. The monoisotopic (exact) mass is 302 g/mol. The zero-order chi connectivity index (χ0) is 10.2. The Hall–Kier alpha value is 1.02. The molecular weight excluding hydrogens is 282 g/mol. The van der Waals surface area contributed by atoms with E-state index in [2.05, 4.69) is 64.1 Å². The summed E-state index contributed by atoms with van der Waals surface area (Å²) < 4.78 is 0.285. The van der Waals surface area contributed by atoms with Gasteiger partial charge in [0, 0.05) is 8.80 Å². The summed E-state index contributed by atoms with van der Waals surface area (Å²) in [7, 11) is 0. The Morgan fingerprint density at radius 3 is 1.50 bits per heavy atom. The average Bonchev–Trinajstić information content (AvgIpc) is 1.83. The van der Waals surface area contributed by atoms with Gasteiger partial charge in [0.15, 0.2) is 0 Å². The van der Waals surface area contributed by atoms with Gasteiger partial charge in [0.05, 0.1) is 0 Å². The van der Waals surface area contributed by atoms with Gasteiger partial charge in [-0.25, -0.2) is 0 Å². The summed E-state index contributed by atoms with van der Waals surface area (Å²) in [5.41, 5.74) is 0.273. The molecule has 0 N–H and O–H groups in total. The minimum atomic E-state index is 0.244. The van der Waals surface area contributed by atoms with Gasteiger partial charge in [0.2, 0.25) is 0 Å². The summed E-state index contributed by atoms with van der Waals surface area (Å²) >= 11 is 8.62. The molecule has 0 aromatic carbocycles. The van der Waals surface area contributed by atoms with Crippen LogP contribution in [0.15, 0.2) is 0 Å². The second-order valence-electron chi connectivity index (χ2n) is 4.66. The van der Waals surface area contributed by atoms with Gasteiger partial charge >= 0.3 is 0 Å². The second-order valence-corrected chi connectivity index (χ2v) is 8.05. The first-order chi connectivity index (χ1) is 5.10. The largest absolute Gasteiger partial charge is 0.123 e. The predicted octanol–water partition coefficient (Wildman–Crippen LogP) is 4.49. The molecule has 0 saturated carbocycles. The van der Waals surface area contributed by atoms with Crippen LogP contribution in [-0.4, -0.2) is 8.80 Å². The van der Waals surface area contributed by atoms with E-state index in [0.29, 0.717) is 5.92 Å². The van der Waals surface area contributed by atoms with E-state index in [1.54, 1.807) is 0 Å². The smallest absolute Gasteiger partial charge is 0.0338 e. The molecule has 0 aliphatic heterocycles. The number of alkyl halides is 2. The summed E-state index contributed by atoms with van der Waals surface area (Å²) in [4.78, 5) is 0. The molecule has 0 aliphatic carbocycles. The van der Waals surface area contributed by atoms with Crippen LogP contribution in [0.3, 0.4) is 0 Å². The number of halogens is 2. The van der Waals surface area contributed by atoms with Crippen molar-refractivity contribution < 1.29 is 0 Å². The van der Waals surface area contributed by atoms with Gasteiger partial charge in [-0.05, 0) is 18.3 Å². The standard InChI is InChI=1S/C10H20ClI/c1-7(8(2)11)9(3,4)10(5,6)12/h7-8H,1-6H3. The maximum atomic E-state index is 6.12. The lowest BCUT2D eigenvalue weighted by Gasteiger charge is -2.43. The van der Waals surface area contributed by atoms with Crippen LogP contribution < -0.4 is 0 Å². The lowest BCUT2D eigenvalue weighted by molar-refractivity contribution is 0.185. The molecular formula is C10H20ClI. The van der Waals surface area contributed by atoms with Gasteiger partial charge in [0.1, 0.15) is 0 Å². The molecule has 74 valence electrons. The molecule has 2 heteroatoms. The molecule has 12 heavy (non-hydrogen) atoms. The highest BCUT2D eigenvalue weighted by molar-refractivity contribution is 14.1.